The topological polar surface area (TPSA) is 55.1 Å². The van der Waals surface area contributed by atoms with Gasteiger partial charge in [-0.05, 0) is 56.4 Å². The molecular formula is C14H19ClN2O. The number of carbonyl (C=O) groups is 1. The molecule has 1 fully saturated rings. The first-order valence-electron chi connectivity index (χ1n) is 6.25. The molecule has 1 aromatic carbocycles. The Morgan fingerprint density at radius 1 is 1.56 bits per heavy atom. The fourth-order valence-corrected chi connectivity index (χ4v) is 2.48. The van der Waals surface area contributed by atoms with E-state index in [1.54, 1.807) is 18.2 Å². The maximum atomic E-state index is 12.3. The molecule has 0 heterocycles. The molecule has 1 atom stereocenters. The minimum absolute atomic E-state index is 0.0657. The summed E-state index contributed by atoms with van der Waals surface area (Å²) in [6, 6.07) is 5.30. The van der Waals surface area contributed by atoms with Crippen molar-refractivity contribution in [2.75, 3.05) is 6.54 Å². The SMILES string of the molecule is Cc1cc(Cl)ccc1C(=O)NC(C)(CN)C1CC1. The molecule has 98 valence electrons. The van der Waals surface area contributed by atoms with Gasteiger partial charge in [-0.3, -0.25) is 4.79 Å². The van der Waals surface area contributed by atoms with Crippen LogP contribution < -0.4 is 11.1 Å². The number of halogens is 1. The highest BCUT2D eigenvalue weighted by atomic mass is 35.5. The first kappa shape index (κ1) is 13.4. The molecule has 2 rings (SSSR count). The summed E-state index contributed by atoms with van der Waals surface area (Å²) in [5.74, 6) is 0.447. The minimum Gasteiger partial charge on any atom is -0.345 e. The molecule has 0 radical (unpaired) electrons. The van der Waals surface area contributed by atoms with Crippen molar-refractivity contribution in [1.29, 1.82) is 0 Å². The van der Waals surface area contributed by atoms with E-state index < -0.39 is 0 Å². The maximum absolute atomic E-state index is 12.3. The van der Waals surface area contributed by atoms with Crippen LogP contribution in [0.2, 0.25) is 5.02 Å². The van der Waals surface area contributed by atoms with Gasteiger partial charge in [-0.25, -0.2) is 0 Å². The monoisotopic (exact) mass is 266 g/mol. The molecule has 4 heteroatoms. The van der Waals surface area contributed by atoms with Gasteiger partial charge in [0.25, 0.3) is 5.91 Å². The van der Waals surface area contributed by atoms with Gasteiger partial charge in [0, 0.05) is 17.1 Å². The third-order valence-corrected chi connectivity index (χ3v) is 3.97. The molecule has 1 aliphatic rings. The van der Waals surface area contributed by atoms with Crippen LogP contribution in [0.1, 0.15) is 35.7 Å². The van der Waals surface area contributed by atoms with Crippen LogP contribution in [0, 0.1) is 12.8 Å². The van der Waals surface area contributed by atoms with Crippen molar-refractivity contribution >= 4 is 17.5 Å². The van der Waals surface area contributed by atoms with E-state index in [-0.39, 0.29) is 11.4 Å². The Bertz CT molecular complexity index is 471. The van der Waals surface area contributed by atoms with Crippen LogP contribution in [-0.4, -0.2) is 18.0 Å². The van der Waals surface area contributed by atoms with Crippen LogP contribution in [0.25, 0.3) is 0 Å². The Kier molecular flexibility index (Phi) is 3.64. The third kappa shape index (κ3) is 2.68. The number of benzene rings is 1. The van der Waals surface area contributed by atoms with Crippen molar-refractivity contribution in [3.63, 3.8) is 0 Å². The summed E-state index contributed by atoms with van der Waals surface area (Å²) in [7, 11) is 0. The fourth-order valence-electron chi connectivity index (χ4n) is 2.25. The zero-order valence-corrected chi connectivity index (χ0v) is 11.6. The largest absolute Gasteiger partial charge is 0.345 e. The lowest BCUT2D eigenvalue weighted by Crippen LogP contribution is -2.53. The van der Waals surface area contributed by atoms with Crippen LogP contribution >= 0.6 is 11.6 Å². The zero-order chi connectivity index (χ0) is 13.3. The Morgan fingerprint density at radius 2 is 2.22 bits per heavy atom. The molecule has 18 heavy (non-hydrogen) atoms. The number of hydrogen-bond donors (Lipinski definition) is 2. The summed E-state index contributed by atoms with van der Waals surface area (Å²) in [6.45, 7) is 4.38. The zero-order valence-electron chi connectivity index (χ0n) is 10.8. The Balaban J connectivity index is 2.16. The lowest BCUT2D eigenvalue weighted by atomic mass is 9.95. The van der Waals surface area contributed by atoms with E-state index in [1.807, 2.05) is 13.8 Å². The molecule has 3 nitrogen and oxygen atoms in total. The van der Waals surface area contributed by atoms with Crippen LogP contribution in [-0.2, 0) is 0 Å². The lowest BCUT2D eigenvalue weighted by Gasteiger charge is -2.29. The normalized spacial score (nSPS) is 18.2. The van der Waals surface area contributed by atoms with Crippen molar-refractivity contribution < 1.29 is 4.79 Å². The van der Waals surface area contributed by atoms with Crippen molar-refractivity contribution in [2.45, 2.75) is 32.2 Å². The van der Waals surface area contributed by atoms with E-state index in [0.717, 1.165) is 18.4 Å². The molecule has 1 unspecified atom stereocenters. The summed E-state index contributed by atoms with van der Waals surface area (Å²) >= 11 is 5.89. The highest BCUT2D eigenvalue weighted by Crippen LogP contribution is 2.39. The molecule has 0 aliphatic heterocycles. The third-order valence-electron chi connectivity index (χ3n) is 3.73. The number of amides is 1. The highest BCUT2D eigenvalue weighted by molar-refractivity contribution is 6.30. The molecule has 0 aromatic heterocycles. The van der Waals surface area contributed by atoms with E-state index in [4.69, 9.17) is 17.3 Å². The van der Waals surface area contributed by atoms with E-state index in [2.05, 4.69) is 5.32 Å². The Labute approximate surface area is 113 Å². The van der Waals surface area contributed by atoms with Crippen molar-refractivity contribution in [3.05, 3.63) is 34.3 Å². The van der Waals surface area contributed by atoms with Gasteiger partial charge in [-0.2, -0.15) is 0 Å². The van der Waals surface area contributed by atoms with E-state index in [0.29, 0.717) is 23.0 Å². The quantitative estimate of drug-likeness (QED) is 0.880. The van der Waals surface area contributed by atoms with E-state index >= 15 is 0 Å². The summed E-state index contributed by atoms with van der Waals surface area (Å²) in [4.78, 5) is 12.3. The van der Waals surface area contributed by atoms with Gasteiger partial charge in [0.2, 0.25) is 0 Å². The molecule has 0 saturated heterocycles. The smallest absolute Gasteiger partial charge is 0.252 e. The predicted octanol–water partition coefficient (Wildman–Crippen LogP) is 2.51. The second-order valence-corrected chi connectivity index (χ2v) is 5.75. The second kappa shape index (κ2) is 4.90. The lowest BCUT2D eigenvalue weighted by molar-refractivity contribution is 0.0897. The van der Waals surface area contributed by atoms with Crippen LogP contribution in [0.5, 0.6) is 0 Å². The first-order chi connectivity index (χ1) is 8.46. The van der Waals surface area contributed by atoms with E-state index in [9.17, 15) is 4.79 Å². The molecule has 0 bridgehead atoms. The molecule has 1 aromatic rings. The predicted molar refractivity (Wildman–Crippen MR) is 73.8 cm³/mol. The summed E-state index contributed by atoms with van der Waals surface area (Å²) in [5.41, 5.74) is 7.06. The van der Waals surface area contributed by atoms with Gasteiger partial charge in [-0.15, -0.1) is 0 Å². The fraction of sp³-hybridized carbons (Fsp3) is 0.500. The van der Waals surface area contributed by atoms with E-state index in [1.165, 1.54) is 0 Å². The van der Waals surface area contributed by atoms with Gasteiger partial charge >= 0.3 is 0 Å². The molecule has 3 N–H and O–H groups in total. The van der Waals surface area contributed by atoms with Crippen LogP contribution in [0.4, 0.5) is 0 Å². The average Bonchev–Trinajstić information content (AvgIpc) is 3.12. The number of carbonyl (C=O) groups excluding carboxylic acids is 1. The maximum Gasteiger partial charge on any atom is 0.252 e. The number of rotatable bonds is 4. The van der Waals surface area contributed by atoms with Crippen molar-refractivity contribution in [3.8, 4) is 0 Å². The summed E-state index contributed by atoms with van der Waals surface area (Å²) in [6.07, 6.45) is 2.29. The Morgan fingerprint density at radius 3 is 2.72 bits per heavy atom. The van der Waals surface area contributed by atoms with Gasteiger partial charge in [0.15, 0.2) is 0 Å². The van der Waals surface area contributed by atoms with Gasteiger partial charge in [-0.1, -0.05) is 11.6 Å². The summed E-state index contributed by atoms with van der Waals surface area (Å²) in [5, 5.41) is 3.72. The van der Waals surface area contributed by atoms with Gasteiger partial charge < -0.3 is 11.1 Å². The number of nitrogens with one attached hydrogen (secondary N) is 1. The van der Waals surface area contributed by atoms with Gasteiger partial charge in [0.1, 0.15) is 0 Å². The molecule has 1 amide bonds. The number of nitrogens with two attached hydrogens (primary N) is 1. The molecule has 1 saturated carbocycles. The number of aryl methyl sites for hydroxylation is 1. The molecule has 1 aliphatic carbocycles. The standard InChI is InChI=1S/C14H19ClN2O/c1-9-7-11(15)5-6-12(9)13(18)17-14(2,8-16)10-3-4-10/h5-7,10H,3-4,8,16H2,1-2H3,(H,17,18). The van der Waals surface area contributed by atoms with Gasteiger partial charge in [0.05, 0.1) is 5.54 Å². The van der Waals surface area contributed by atoms with Crippen molar-refractivity contribution in [2.24, 2.45) is 11.7 Å². The molecular weight excluding hydrogens is 248 g/mol. The minimum atomic E-state index is -0.289. The molecule has 0 spiro atoms. The Hall–Kier alpha value is -1.06. The van der Waals surface area contributed by atoms with Crippen molar-refractivity contribution in [1.82, 2.24) is 5.32 Å². The van der Waals surface area contributed by atoms with Crippen LogP contribution in [0.3, 0.4) is 0 Å². The first-order valence-corrected chi connectivity index (χ1v) is 6.63. The van der Waals surface area contributed by atoms with Crippen LogP contribution in [0.15, 0.2) is 18.2 Å². The average molecular weight is 267 g/mol. The highest BCUT2D eigenvalue weighted by Gasteiger charge is 2.41. The summed E-state index contributed by atoms with van der Waals surface area (Å²) < 4.78 is 0. The number of hydrogen-bond acceptors (Lipinski definition) is 2. The second-order valence-electron chi connectivity index (χ2n) is 5.31.